The lowest BCUT2D eigenvalue weighted by Gasteiger charge is -2.27. The van der Waals surface area contributed by atoms with Gasteiger partial charge in [0.15, 0.2) is 0 Å². The van der Waals surface area contributed by atoms with Crippen LogP contribution < -0.4 is 5.73 Å². The fraction of sp³-hybridized carbons (Fsp3) is 1.00. The molecule has 0 spiro atoms. The number of rotatable bonds is 3. The van der Waals surface area contributed by atoms with Gasteiger partial charge in [0.2, 0.25) is 0 Å². The first kappa shape index (κ1) is 9.47. The maximum atomic E-state index is 10.2. The molecule has 0 amide bonds. The van der Waals surface area contributed by atoms with Gasteiger partial charge in [-0.15, -0.1) is 0 Å². The standard InChI is InChI=1S/C11H21NO/c1-8-6-11(8,7-12)10(13)9-4-2-3-5-9/h8-10,13H,2-7,12H2,1H3/t8-,10+,11+/m1/s1. The van der Waals surface area contributed by atoms with E-state index in [-0.39, 0.29) is 11.5 Å². The Morgan fingerprint density at radius 2 is 2.00 bits per heavy atom. The van der Waals surface area contributed by atoms with Crippen LogP contribution in [0.2, 0.25) is 0 Å². The fourth-order valence-corrected chi connectivity index (χ4v) is 3.07. The molecule has 3 atom stereocenters. The second kappa shape index (κ2) is 3.25. The lowest BCUT2D eigenvalue weighted by Crippen LogP contribution is -2.36. The van der Waals surface area contributed by atoms with E-state index in [1.807, 2.05) is 0 Å². The van der Waals surface area contributed by atoms with Crippen LogP contribution in [0.25, 0.3) is 0 Å². The molecular weight excluding hydrogens is 162 g/mol. The molecule has 3 N–H and O–H groups in total. The summed E-state index contributed by atoms with van der Waals surface area (Å²) in [5, 5.41) is 10.2. The number of nitrogens with two attached hydrogens (primary N) is 1. The Morgan fingerprint density at radius 3 is 2.38 bits per heavy atom. The van der Waals surface area contributed by atoms with Gasteiger partial charge in [0.1, 0.15) is 0 Å². The summed E-state index contributed by atoms with van der Waals surface area (Å²) < 4.78 is 0. The van der Waals surface area contributed by atoms with Crippen molar-refractivity contribution in [2.24, 2.45) is 23.0 Å². The van der Waals surface area contributed by atoms with Crippen LogP contribution in [0, 0.1) is 17.3 Å². The molecular formula is C11H21NO. The third-order valence-electron chi connectivity index (χ3n) is 4.32. The molecule has 2 aliphatic rings. The summed E-state index contributed by atoms with van der Waals surface area (Å²) >= 11 is 0. The molecule has 76 valence electrons. The van der Waals surface area contributed by atoms with Crippen molar-refractivity contribution in [2.75, 3.05) is 6.54 Å². The lowest BCUT2D eigenvalue weighted by molar-refractivity contribution is 0.0361. The summed E-state index contributed by atoms with van der Waals surface area (Å²) in [6.45, 7) is 2.89. The molecule has 2 heteroatoms. The molecule has 13 heavy (non-hydrogen) atoms. The van der Waals surface area contributed by atoms with E-state index in [1.54, 1.807) is 0 Å². The fourth-order valence-electron chi connectivity index (χ4n) is 3.07. The Morgan fingerprint density at radius 1 is 1.46 bits per heavy atom. The summed E-state index contributed by atoms with van der Waals surface area (Å²) in [6.07, 6.45) is 6.06. The van der Waals surface area contributed by atoms with Crippen LogP contribution in [0.4, 0.5) is 0 Å². The molecule has 0 radical (unpaired) electrons. The molecule has 0 aromatic heterocycles. The van der Waals surface area contributed by atoms with E-state index in [1.165, 1.54) is 25.7 Å². The van der Waals surface area contributed by atoms with Crippen LogP contribution in [-0.4, -0.2) is 17.8 Å². The summed E-state index contributed by atoms with van der Waals surface area (Å²) in [4.78, 5) is 0. The maximum absolute atomic E-state index is 10.2. The predicted octanol–water partition coefficient (Wildman–Crippen LogP) is 1.52. The van der Waals surface area contributed by atoms with Crippen LogP contribution in [0.3, 0.4) is 0 Å². The topological polar surface area (TPSA) is 46.2 Å². The summed E-state index contributed by atoms with van der Waals surface area (Å²) in [5.74, 6) is 1.20. The minimum absolute atomic E-state index is 0.106. The zero-order chi connectivity index (χ0) is 9.47. The Bertz CT molecular complexity index is 185. The van der Waals surface area contributed by atoms with Crippen molar-refractivity contribution in [2.45, 2.75) is 45.1 Å². The highest BCUT2D eigenvalue weighted by Crippen LogP contribution is 2.57. The van der Waals surface area contributed by atoms with E-state index < -0.39 is 0 Å². The summed E-state index contributed by atoms with van der Waals surface area (Å²) in [7, 11) is 0. The van der Waals surface area contributed by atoms with Crippen LogP contribution in [0.1, 0.15) is 39.0 Å². The van der Waals surface area contributed by atoms with Crippen LogP contribution >= 0.6 is 0 Å². The van der Waals surface area contributed by atoms with Gasteiger partial charge in [0.05, 0.1) is 6.10 Å². The van der Waals surface area contributed by atoms with E-state index in [9.17, 15) is 5.11 Å². The second-order valence-electron chi connectivity index (χ2n) is 5.03. The van der Waals surface area contributed by atoms with E-state index in [2.05, 4.69) is 6.92 Å². The Kier molecular flexibility index (Phi) is 2.37. The summed E-state index contributed by atoms with van der Waals surface area (Å²) in [5.41, 5.74) is 5.87. The van der Waals surface area contributed by atoms with Gasteiger partial charge in [-0.05, 0) is 31.1 Å². The molecule has 2 rings (SSSR count). The molecule has 0 aromatic carbocycles. The predicted molar refractivity (Wildman–Crippen MR) is 53.2 cm³/mol. The monoisotopic (exact) mass is 183 g/mol. The minimum atomic E-state index is -0.116. The first-order valence-corrected chi connectivity index (χ1v) is 5.59. The van der Waals surface area contributed by atoms with Crippen LogP contribution in [0.5, 0.6) is 0 Å². The van der Waals surface area contributed by atoms with Crippen molar-refractivity contribution in [1.29, 1.82) is 0 Å². The van der Waals surface area contributed by atoms with Crippen LogP contribution in [0.15, 0.2) is 0 Å². The van der Waals surface area contributed by atoms with Gasteiger partial charge in [-0.2, -0.15) is 0 Å². The molecule has 2 saturated carbocycles. The highest BCUT2D eigenvalue weighted by atomic mass is 16.3. The number of hydrogen-bond donors (Lipinski definition) is 2. The van der Waals surface area contributed by atoms with Gasteiger partial charge in [-0.1, -0.05) is 19.8 Å². The quantitative estimate of drug-likeness (QED) is 0.697. The first-order valence-electron chi connectivity index (χ1n) is 5.59. The Balaban J connectivity index is 1.99. The first-order chi connectivity index (χ1) is 6.20. The van der Waals surface area contributed by atoms with Crippen molar-refractivity contribution < 1.29 is 5.11 Å². The zero-order valence-electron chi connectivity index (χ0n) is 8.50. The molecule has 0 aliphatic heterocycles. The smallest absolute Gasteiger partial charge is 0.0639 e. The molecule has 0 heterocycles. The Labute approximate surface area is 80.5 Å². The minimum Gasteiger partial charge on any atom is -0.392 e. The molecule has 2 aliphatic carbocycles. The van der Waals surface area contributed by atoms with Crippen molar-refractivity contribution in [1.82, 2.24) is 0 Å². The van der Waals surface area contributed by atoms with E-state index >= 15 is 0 Å². The van der Waals surface area contributed by atoms with Gasteiger partial charge in [0.25, 0.3) is 0 Å². The highest BCUT2D eigenvalue weighted by Gasteiger charge is 2.56. The van der Waals surface area contributed by atoms with Gasteiger partial charge >= 0.3 is 0 Å². The largest absolute Gasteiger partial charge is 0.392 e. The molecule has 0 bridgehead atoms. The zero-order valence-corrected chi connectivity index (χ0v) is 8.50. The lowest BCUT2D eigenvalue weighted by atomic mass is 9.85. The van der Waals surface area contributed by atoms with E-state index in [4.69, 9.17) is 5.73 Å². The summed E-state index contributed by atoms with van der Waals surface area (Å²) in [6, 6.07) is 0. The van der Waals surface area contributed by atoms with Crippen molar-refractivity contribution in [3.63, 3.8) is 0 Å². The third-order valence-corrected chi connectivity index (χ3v) is 4.32. The third kappa shape index (κ3) is 1.40. The van der Waals surface area contributed by atoms with Crippen molar-refractivity contribution >= 4 is 0 Å². The van der Waals surface area contributed by atoms with E-state index in [0.29, 0.717) is 18.4 Å². The van der Waals surface area contributed by atoms with E-state index in [0.717, 1.165) is 6.42 Å². The van der Waals surface area contributed by atoms with Gasteiger partial charge in [0, 0.05) is 12.0 Å². The van der Waals surface area contributed by atoms with Gasteiger partial charge in [-0.25, -0.2) is 0 Å². The maximum Gasteiger partial charge on any atom is 0.0639 e. The second-order valence-corrected chi connectivity index (χ2v) is 5.03. The molecule has 0 aromatic rings. The van der Waals surface area contributed by atoms with Crippen molar-refractivity contribution in [3.05, 3.63) is 0 Å². The van der Waals surface area contributed by atoms with Crippen LogP contribution in [-0.2, 0) is 0 Å². The average molecular weight is 183 g/mol. The van der Waals surface area contributed by atoms with Gasteiger partial charge in [-0.3, -0.25) is 0 Å². The number of aliphatic hydroxyl groups is 1. The number of hydrogen-bond acceptors (Lipinski definition) is 2. The molecule has 2 fully saturated rings. The molecule has 2 nitrogen and oxygen atoms in total. The average Bonchev–Trinajstić information content (AvgIpc) is 2.62. The molecule has 0 saturated heterocycles. The highest BCUT2D eigenvalue weighted by molar-refractivity contribution is 5.07. The number of aliphatic hydroxyl groups excluding tert-OH is 1. The molecule has 0 unspecified atom stereocenters. The Hall–Kier alpha value is -0.0800. The normalized spacial score (nSPS) is 42.2. The van der Waals surface area contributed by atoms with Gasteiger partial charge < -0.3 is 10.8 Å². The SMILES string of the molecule is C[C@@H]1C[C@@]1(CN)[C@@H](O)C1CCCC1. The van der Waals surface area contributed by atoms with Crippen molar-refractivity contribution in [3.8, 4) is 0 Å².